The summed E-state index contributed by atoms with van der Waals surface area (Å²) >= 11 is 1.30. The second-order valence-electron chi connectivity index (χ2n) is 4.76. The molecular formula is C13H14N2O3S2. The third-order valence-electron chi connectivity index (χ3n) is 3.13. The van der Waals surface area contributed by atoms with Gasteiger partial charge < -0.3 is 5.11 Å². The van der Waals surface area contributed by atoms with Crippen LogP contribution < -0.4 is 4.72 Å². The molecule has 0 aliphatic heterocycles. The molecule has 1 aliphatic rings. The molecule has 0 amide bonds. The van der Waals surface area contributed by atoms with Gasteiger partial charge in [0.25, 0.3) is 10.0 Å². The molecule has 0 spiro atoms. The highest BCUT2D eigenvalue weighted by Gasteiger charge is 2.26. The molecule has 0 radical (unpaired) electrons. The van der Waals surface area contributed by atoms with E-state index in [2.05, 4.69) is 9.71 Å². The van der Waals surface area contributed by atoms with Crippen LogP contribution in [0.15, 0.2) is 34.5 Å². The number of anilines is 1. The zero-order chi connectivity index (χ0) is 14.2. The van der Waals surface area contributed by atoms with Crippen molar-refractivity contribution in [1.82, 2.24) is 4.98 Å². The number of rotatable bonds is 5. The maximum Gasteiger partial charge on any atom is 0.263 e. The summed E-state index contributed by atoms with van der Waals surface area (Å²) in [6.07, 6.45) is 2.27. The van der Waals surface area contributed by atoms with Gasteiger partial charge in [-0.05, 0) is 30.5 Å². The molecule has 5 nitrogen and oxygen atoms in total. The van der Waals surface area contributed by atoms with Gasteiger partial charge >= 0.3 is 0 Å². The number of nitrogens with zero attached hydrogens (tertiary/aromatic N) is 1. The average molecular weight is 310 g/mol. The van der Waals surface area contributed by atoms with Crippen LogP contribution >= 0.6 is 11.3 Å². The first-order valence-electron chi connectivity index (χ1n) is 6.26. The van der Waals surface area contributed by atoms with Crippen molar-refractivity contribution in [3.05, 3.63) is 40.9 Å². The van der Waals surface area contributed by atoms with Gasteiger partial charge in [0.2, 0.25) is 0 Å². The summed E-state index contributed by atoms with van der Waals surface area (Å²) in [6, 6.07) is 6.24. The van der Waals surface area contributed by atoms with E-state index in [-0.39, 0.29) is 11.5 Å². The number of thiazole rings is 1. The Morgan fingerprint density at radius 2 is 2.20 bits per heavy atom. The molecule has 1 aromatic heterocycles. The molecule has 0 saturated heterocycles. The summed E-state index contributed by atoms with van der Waals surface area (Å²) in [4.78, 5) is 4.44. The van der Waals surface area contributed by atoms with Crippen LogP contribution in [0.2, 0.25) is 0 Å². The standard InChI is InChI=1S/C13H14N2O3S2/c16-7-9-2-1-3-11(6-9)20(17,18)15-13-14-12(8-19-13)10-4-5-10/h1-3,6,8,10,16H,4-5,7H2,(H,14,15). The monoisotopic (exact) mass is 310 g/mol. The molecule has 1 aromatic carbocycles. The highest BCUT2D eigenvalue weighted by molar-refractivity contribution is 7.93. The van der Waals surface area contributed by atoms with Gasteiger partial charge in [-0.15, -0.1) is 11.3 Å². The van der Waals surface area contributed by atoms with Gasteiger partial charge in [0.05, 0.1) is 17.2 Å². The van der Waals surface area contributed by atoms with Gasteiger partial charge in [0.1, 0.15) is 0 Å². The lowest BCUT2D eigenvalue weighted by molar-refractivity contribution is 0.281. The average Bonchev–Trinajstić information content (AvgIpc) is 3.20. The first-order chi connectivity index (χ1) is 9.58. The molecule has 1 heterocycles. The normalized spacial score (nSPS) is 15.2. The fourth-order valence-electron chi connectivity index (χ4n) is 1.88. The van der Waals surface area contributed by atoms with Gasteiger partial charge in [-0.25, -0.2) is 13.4 Å². The van der Waals surface area contributed by atoms with Crippen molar-refractivity contribution in [2.24, 2.45) is 0 Å². The van der Waals surface area contributed by atoms with Crippen molar-refractivity contribution >= 4 is 26.5 Å². The largest absolute Gasteiger partial charge is 0.392 e. The van der Waals surface area contributed by atoms with Gasteiger partial charge in [0, 0.05) is 11.3 Å². The van der Waals surface area contributed by atoms with E-state index >= 15 is 0 Å². The van der Waals surface area contributed by atoms with E-state index in [1.807, 2.05) is 5.38 Å². The lowest BCUT2D eigenvalue weighted by atomic mass is 10.2. The van der Waals surface area contributed by atoms with Crippen LogP contribution in [0.1, 0.15) is 30.0 Å². The van der Waals surface area contributed by atoms with E-state index in [9.17, 15) is 8.42 Å². The predicted molar refractivity (Wildman–Crippen MR) is 77.3 cm³/mol. The van der Waals surface area contributed by atoms with Crippen LogP contribution in [-0.2, 0) is 16.6 Å². The topological polar surface area (TPSA) is 79.3 Å². The van der Waals surface area contributed by atoms with Gasteiger partial charge in [0.15, 0.2) is 5.13 Å². The van der Waals surface area contributed by atoms with Crippen LogP contribution in [0.25, 0.3) is 0 Å². The number of aliphatic hydroxyl groups excluding tert-OH is 1. The molecule has 0 atom stereocenters. The van der Waals surface area contributed by atoms with E-state index < -0.39 is 10.0 Å². The number of benzene rings is 1. The summed E-state index contributed by atoms with van der Waals surface area (Å²) in [5.74, 6) is 0.502. The first-order valence-corrected chi connectivity index (χ1v) is 8.63. The van der Waals surface area contributed by atoms with Crippen LogP contribution in [0.3, 0.4) is 0 Å². The molecule has 7 heteroatoms. The van der Waals surface area contributed by atoms with Crippen LogP contribution in [0.4, 0.5) is 5.13 Å². The molecular weight excluding hydrogens is 296 g/mol. The van der Waals surface area contributed by atoms with Crippen molar-refractivity contribution in [2.75, 3.05) is 4.72 Å². The maximum atomic E-state index is 12.2. The van der Waals surface area contributed by atoms with E-state index in [1.54, 1.807) is 12.1 Å². The highest BCUT2D eigenvalue weighted by atomic mass is 32.2. The van der Waals surface area contributed by atoms with Gasteiger partial charge in [-0.2, -0.15) is 0 Å². The van der Waals surface area contributed by atoms with Crippen molar-refractivity contribution in [3.8, 4) is 0 Å². The second kappa shape index (κ2) is 5.16. The quantitative estimate of drug-likeness (QED) is 0.888. The zero-order valence-electron chi connectivity index (χ0n) is 10.6. The van der Waals surface area contributed by atoms with E-state index in [0.29, 0.717) is 16.6 Å². The minimum Gasteiger partial charge on any atom is -0.392 e. The Hall–Kier alpha value is -1.44. The summed E-state index contributed by atoms with van der Waals surface area (Å²) in [7, 11) is -3.65. The lowest BCUT2D eigenvalue weighted by Crippen LogP contribution is -2.13. The fraction of sp³-hybridized carbons (Fsp3) is 0.308. The number of hydrogen-bond acceptors (Lipinski definition) is 5. The van der Waals surface area contributed by atoms with E-state index in [1.165, 1.54) is 23.5 Å². The zero-order valence-corrected chi connectivity index (χ0v) is 12.2. The van der Waals surface area contributed by atoms with Crippen molar-refractivity contribution in [2.45, 2.75) is 30.3 Å². The van der Waals surface area contributed by atoms with E-state index in [4.69, 9.17) is 5.11 Å². The van der Waals surface area contributed by atoms with Gasteiger partial charge in [-0.3, -0.25) is 4.72 Å². The lowest BCUT2D eigenvalue weighted by Gasteiger charge is -2.06. The molecule has 106 valence electrons. The molecule has 1 aliphatic carbocycles. The molecule has 20 heavy (non-hydrogen) atoms. The molecule has 0 bridgehead atoms. The number of aliphatic hydroxyl groups is 1. The Morgan fingerprint density at radius 3 is 2.90 bits per heavy atom. The fourth-order valence-corrected chi connectivity index (χ4v) is 4.00. The summed E-state index contributed by atoms with van der Waals surface area (Å²) in [5, 5.41) is 11.4. The van der Waals surface area contributed by atoms with Crippen molar-refractivity contribution in [1.29, 1.82) is 0 Å². The molecule has 3 rings (SSSR count). The third-order valence-corrected chi connectivity index (χ3v) is 5.37. The number of hydrogen-bond donors (Lipinski definition) is 2. The summed E-state index contributed by atoms with van der Waals surface area (Å²) in [5.41, 5.74) is 1.53. The smallest absolute Gasteiger partial charge is 0.263 e. The minimum absolute atomic E-state index is 0.132. The van der Waals surface area contributed by atoms with Crippen molar-refractivity contribution in [3.63, 3.8) is 0 Å². The molecule has 1 fully saturated rings. The minimum atomic E-state index is -3.65. The maximum absolute atomic E-state index is 12.2. The predicted octanol–water partition coefficient (Wildman–Crippen LogP) is 2.31. The molecule has 2 aromatic rings. The molecule has 2 N–H and O–H groups in total. The van der Waals surface area contributed by atoms with Crippen LogP contribution in [-0.4, -0.2) is 18.5 Å². The number of aromatic nitrogens is 1. The number of sulfonamides is 1. The van der Waals surface area contributed by atoms with Gasteiger partial charge in [-0.1, -0.05) is 12.1 Å². The Kier molecular flexibility index (Phi) is 3.49. The van der Waals surface area contributed by atoms with Crippen LogP contribution in [0, 0.1) is 0 Å². The molecule has 0 unspecified atom stereocenters. The Bertz CT molecular complexity index is 721. The molecule has 1 saturated carbocycles. The van der Waals surface area contributed by atoms with Crippen LogP contribution in [0.5, 0.6) is 0 Å². The highest BCUT2D eigenvalue weighted by Crippen LogP contribution is 2.41. The Morgan fingerprint density at radius 1 is 1.40 bits per heavy atom. The summed E-state index contributed by atoms with van der Waals surface area (Å²) in [6.45, 7) is -0.188. The van der Waals surface area contributed by atoms with Crippen molar-refractivity contribution < 1.29 is 13.5 Å². The summed E-state index contributed by atoms with van der Waals surface area (Å²) < 4.78 is 27.0. The second-order valence-corrected chi connectivity index (χ2v) is 7.30. The first kappa shape index (κ1) is 13.5. The number of nitrogens with one attached hydrogen (secondary N) is 1. The Labute approximate surface area is 121 Å². The Balaban J connectivity index is 1.83. The third kappa shape index (κ3) is 2.84. The van der Waals surface area contributed by atoms with E-state index in [0.717, 1.165) is 18.5 Å². The SMILES string of the molecule is O=S(=O)(Nc1nc(C2CC2)cs1)c1cccc(CO)c1.